The highest BCUT2D eigenvalue weighted by molar-refractivity contribution is 9.10. The number of benzene rings is 4. The first-order chi connectivity index (χ1) is 18.1. The minimum Gasteiger partial charge on any atom is -0.489 e. The lowest BCUT2D eigenvalue weighted by Crippen LogP contribution is -2.12. The first-order valence-electron chi connectivity index (χ1n) is 11.7. The SMILES string of the molecule is O=c1cc(-c2cn(-c3ccccc3)c3ccccc3c2=O)oc2cc(OCc3ccc(Br)cc3)ccc12. The molecule has 0 saturated carbocycles. The molecule has 5 nitrogen and oxygen atoms in total. The van der Waals surface area contributed by atoms with Crippen molar-refractivity contribution < 1.29 is 9.15 Å². The average Bonchev–Trinajstić information content (AvgIpc) is 2.93. The molecule has 2 aromatic heterocycles. The smallest absolute Gasteiger partial charge is 0.200 e. The molecule has 0 aliphatic rings. The van der Waals surface area contributed by atoms with Crippen LogP contribution in [-0.2, 0) is 6.61 Å². The van der Waals surface area contributed by atoms with Crippen LogP contribution in [0.1, 0.15) is 5.56 Å². The molecule has 37 heavy (non-hydrogen) atoms. The zero-order chi connectivity index (χ0) is 25.4. The molecular formula is C31H20BrNO4. The van der Waals surface area contributed by atoms with Gasteiger partial charge in [0.15, 0.2) is 10.9 Å². The second-order valence-electron chi connectivity index (χ2n) is 8.64. The fraction of sp³-hybridized carbons (Fsp3) is 0.0323. The summed E-state index contributed by atoms with van der Waals surface area (Å²) in [7, 11) is 0. The van der Waals surface area contributed by atoms with Crippen molar-refractivity contribution in [2.75, 3.05) is 0 Å². The molecule has 6 heteroatoms. The summed E-state index contributed by atoms with van der Waals surface area (Å²) < 4.78 is 15.0. The molecule has 0 atom stereocenters. The van der Waals surface area contributed by atoms with Crippen LogP contribution >= 0.6 is 15.9 Å². The van der Waals surface area contributed by atoms with Crippen molar-refractivity contribution in [2.45, 2.75) is 6.61 Å². The van der Waals surface area contributed by atoms with Gasteiger partial charge in [-0.1, -0.05) is 58.4 Å². The maximum atomic E-state index is 13.5. The van der Waals surface area contributed by atoms with Crippen molar-refractivity contribution in [1.82, 2.24) is 4.57 Å². The largest absolute Gasteiger partial charge is 0.489 e. The second-order valence-corrected chi connectivity index (χ2v) is 9.56. The topological polar surface area (TPSA) is 61.4 Å². The first kappa shape index (κ1) is 23.0. The number of hydrogen-bond acceptors (Lipinski definition) is 4. The van der Waals surface area contributed by atoms with Crippen molar-refractivity contribution >= 4 is 37.8 Å². The Morgan fingerprint density at radius 2 is 1.54 bits per heavy atom. The Hall–Kier alpha value is -4.42. The number of rotatable bonds is 5. The minimum atomic E-state index is -0.227. The maximum Gasteiger partial charge on any atom is 0.200 e. The number of ether oxygens (including phenoxy) is 1. The molecule has 4 aromatic carbocycles. The summed E-state index contributed by atoms with van der Waals surface area (Å²) in [5.41, 5.74) is 2.91. The summed E-state index contributed by atoms with van der Waals surface area (Å²) in [5.74, 6) is 0.777. The molecule has 0 spiro atoms. The van der Waals surface area contributed by atoms with Crippen molar-refractivity contribution in [1.29, 1.82) is 0 Å². The average molecular weight is 550 g/mol. The normalized spacial score (nSPS) is 11.2. The van der Waals surface area contributed by atoms with Gasteiger partial charge in [0.2, 0.25) is 0 Å². The van der Waals surface area contributed by atoms with E-state index in [0.29, 0.717) is 34.3 Å². The summed E-state index contributed by atoms with van der Waals surface area (Å²) in [4.78, 5) is 26.5. The standard InChI is InChI=1S/C31H20BrNO4/c32-21-12-10-20(11-13-21)19-36-23-14-15-25-28(34)17-30(37-29(25)16-23)26-18-33(22-6-2-1-3-7-22)27-9-5-4-8-24(27)31(26)35/h1-18H,19H2. The summed E-state index contributed by atoms with van der Waals surface area (Å²) in [6, 6.07) is 31.5. The Kier molecular flexibility index (Phi) is 5.94. The maximum absolute atomic E-state index is 13.5. The van der Waals surface area contributed by atoms with Crippen LogP contribution in [0.5, 0.6) is 5.75 Å². The van der Waals surface area contributed by atoms with Gasteiger partial charge in [-0.05, 0) is 54.1 Å². The predicted molar refractivity (Wildman–Crippen MR) is 149 cm³/mol. The Morgan fingerprint density at radius 3 is 2.35 bits per heavy atom. The molecular weight excluding hydrogens is 530 g/mol. The lowest BCUT2D eigenvalue weighted by Gasteiger charge is -2.13. The Morgan fingerprint density at radius 1 is 0.784 bits per heavy atom. The number of halogens is 1. The second kappa shape index (κ2) is 9.56. The van der Waals surface area contributed by atoms with E-state index in [1.807, 2.05) is 77.4 Å². The van der Waals surface area contributed by atoms with Gasteiger partial charge in [-0.2, -0.15) is 0 Å². The summed E-state index contributed by atoms with van der Waals surface area (Å²) in [6.45, 7) is 0.370. The van der Waals surface area contributed by atoms with Crippen LogP contribution in [0.15, 0.2) is 128 Å². The molecule has 6 rings (SSSR count). The van der Waals surface area contributed by atoms with Gasteiger partial charge < -0.3 is 13.7 Å². The predicted octanol–water partition coefficient (Wildman–Crippen LogP) is 7.11. The van der Waals surface area contributed by atoms with Gasteiger partial charge in [-0.3, -0.25) is 9.59 Å². The third-order valence-electron chi connectivity index (χ3n) is 6.23. The van der Waals surface area contributed by atoms with E-state index < -0.39 is 0 Å². The number of fused-ring (bicyclic) bond motifs is 2. The highest BCUT2D eigenvalue weighted by Crippen LogP contribution is 2.27. The third kappa shape index (κ3) is 4.47. The quantitative estimate of drug-likeness (QED) is 0.230. The molecule has 0 aliphatic heterocycles. The zero-order valence-electron chi connectivity index (χ0n) is 19.6. The van der Waals surface area contributed by atoms with Gasteiger partial charge in [-0.15, -0.1) is 0 Å². The van der Waals surface area contributed by atoms with E-state index in [4.69, 9.17) is 9.15 Å². The monoisotopic (exact) mass is 549 g/mol. The Balaban J connectivity index is 1.46. The van der Waals surface area contributed by atoms with Crippen LogP contribution in [0.3, 0.4) is 0 Å². The van der Waals surface area contributed by atoms with Crippen molar-refractivity contribution in [3.63, 3.8) is 0 Å². The molecule has 0 bridgehead atoms. The number of nitrogens with zero attached hydrogens (tertiary/aromatic N) is 1. The third-order valence-corrected chi connectivity index (χ3v) is 6.76. The van der Waals surface area contributed by atoms with Crippen LogP contribution in [-0.4, -0.2) is 4.57 Å². The lowest BCUT2D eigenvalue weighted by molar-refractivity contribution is 0.306. The van der Waals surface area contributed by atoms with Crippen LogP contribution < -0.4 is 15.6 Å². The van der Waals surface area contributed by atoms with E-state index in [1.165, 1.54) is 6.07 Å². The van der Waals surface area contributed by atoms with Crippen LogP contribution in [0.4, 0.5) is 0 Å². The van der Waals surface area contributed by atoms with Crippen LogP contribution in [0.2, 0.25) is 0 Å². The van der Waals surface area contributed by atoms with Crippen molar-refractivity contribution in [2.24, 2.45) is 0 Å². The number of hydrogen-bond donors (Lipinski definition) is 0. The molecule has 2 heterocycles. The molecule has 0 aliphatic carbocycles. The van der Waals surface area contributed by atoms with E-state index in [0.717, 1.165) is 21.2 Å². The Bertz CT molecular complexity index is 1870. The number of para-hydroxylation sites is 2. The van der Waals surface area contributed by atoms with Crippen LogP contribution in [0.25, 0.3) is 38.9 Å². The fourth-order valence-electron chi connectivity index (χ4n) is 4.36. The van der Waals surface area contributed by atoms with Crippen molar-refractivity contribution in [3.05, 3.63) is 140 Å². The van der Waals surface area contributed by atoms with Gasteiger partial charge in [0, 0.05) is 33.9 Å². The van der Waals surface area contributed by atoms with Crippen LogP contribution in [0, 0.1) is 0 Å². The zero-order valence-corrected chi connectivity index (χ0v) is 21.1. The molecule has 0 unspecified atom stereocenters. The molecule has 0 fully saturated rings. The molecule has 0 radical (unpaired) electrons. The summed E-state index contributed by atoms with van der Waals surface area (Å²) >= 11 is 3.43. The number of pyridine rings is 1. The van der Waals surface area contributed by atoms with Gasteiger partial charge >= 0.3 is 0 Å². The summed E-state index contributed by atoms with van der Waals surface area (Å²) in [5, 5.41) is 0.960. The van der Waals surface area contributed by atoms with Gasteiger partial charge in [-0.25, -0.2) is 0 Å². The highest BCUT2D eigenvalue weighted by atomic mass is 79.9. The molecule has 180 valence electrons. The van der Waals surface area contributed by atoms with Crippen molar-refractivity contribution in [3.8, 4) is 22.8 Å². The van der Waals surface area contributed by atoms with Gasteiger partial charge in [0.1, 0.15) is 23.7 Å². The fourth-order valence-corrected chi connectivity index (χ4v) is 4.63. The Labute approximate surface area is 220 Å². The van der Waals surface area contributed by atoms with E-state index in [2.05, 4.69) is 15.9 Å². The van der Waals surface area contributed by atoms with Gasteiger partial charge in [0.25, 0.3) is 0 Å². The summed E-state index contributed by atoms with van der Waals surface area (Å²) in [6.07, 6.45) is 1.73. The van der Waals surface area contributed by atoms with E-state index in [-0.39, 0.29) is 16.6 Å². The number of aromatic nitrogens is 1. The van der Waals surface area contributed by atoms with E-state index >= 15 is 0 Å². The van der Waals surface area contributed by atoms with E-state index in [9.17, 15) is 9.59 Å². The molecule has 0 amide bonds. The lowest BCUT2D eigenvalue weighted by atomic mass is 10.1. The first-order valence-corrected chi connectivity index (χ1v) is 12.5. The molecule has 0 saturated heterocycles. The molecule has 6 aromatic rings. The highest BCUT2D eigenvalue weighted by Gasteiger charge is 2.16. The van der Waals surface area contributed by atoms with Gasteiger partial charge in [0.05, 0.1) is 16.5 Å². The van der Waals surface area contributed by atoms with E-state index in [1.54, 1.807) is 30.5 Å². The molecule has 0 N–H and O–H groups in total. The minimum absolute atomic E-state index is 0.201.